The first-order valence-electron chi connectivity index (χ1n) is 8.82. The van der Waals surface area contributed by atoms with Crippen molar-refractivity contribution in [1.29, 1.82) is 0 Å². The molecule has 0 aromatic rings. The van der Waals surface area contributed by atoms with Gasteiger partial charge < -0.3 is 35.0 Å². The SMILES string of the molecule is O=C(O)C1=CC(O)[C@@H](O)[C@H](CC[C@@H]2C(COS(=O)(=O)O)O[C@@H](O)C(N[SH](=O)=O)[C@@H]2O)O1. The molecule has 1 fully saturated rings. The molecule has 0 aromatic carbocycles. The van der Waals surface area contributed by atoms with Crippen LogP contribution in [0.5, 0.6) is 0 Å². The van der Waals surface area contributed by atoms with E-state index < -0.39 is 88.4 Å². The monoisotopic (exact) mass is 493 g/mol. The third-order valence-corrected chi connectivity index (χ3v) is 5.81. The Morgan fingerprint density at radius 2 is 1.77 bits per heavy atom. The molecule has 2 aliphatic rings. The standard InChI is InChI=1S/C14H23NO14S2/c16-6-3-8(13(19)20)28-7(12(6)18)2-1-5-9(4-27-31(24,25)26)29-14(21)10(11(5)17)15-30(22)23/h3,5-7,9-12,14,16-18,21,30H,1-2,4H2,(H,19,20)(H,15,22,23)(H,24,25,26)/t5-,6?,7+,9?,10?,11-,12-,14-/m1/s1. The fourth-order valence-corrected chi connectivity index (χ4v) is 4.24. The molecule has 0 aliphatic carbocycles. The van der Waals surface area contributed by atoms with Gasteiger partial charge in [0.1, 0.15) is 18.3 Å². The molecule has 0 radical (unpaired) electrons. The fraction of sp³-hybridized carbons (Fsp3) is 0.786. The van der Waals surface area contributed by atoms with Crippen LogP contribution >= 0.6 is 0 Å². The Balaban J connectivity index is 2.18. The van der Waals surface area contributed by atoms with Gasteiger partial charge in [0.15, 0.2) is 6.29 Å². The minimum Gasteiger partial charge on any atom is -0.481 e. The maximum atomic E-state index is 11.1. The lowest BCUT2D eigenvalue weighted by Crippen LogP contribution is -2.60. The first-order valence-corrected chi connectivity index (χ1v) is 11.4. The minimum absolute atomic E-state index is 0.192. The van der Waals surface area contributed by atoms with E-state index in [-0.39, 0.29) is 12.8 Å². The van der Waals surface area contributed by atoms with Crippen molar-refractivity contribution in [3.05, 3.63) is 11.8 Å². The Bertz CT molecular complexity index is 849. The maximum absolute atomic E-state index is 11.1. The van der Waals surface area contributed by atoms with Crippen LogP contribution in [0.2, 0.25) is 0 Å². The Morgan fingerprint density at radius 3 is 2.32 bits per heavy atom. The first kappa shape index (κ1) is 25.8. The van der Waals surface area contributed by atoms with Crippen LogP contribution in [-0.4, -0.2) is 102 Å². The molecule has 0 saturated carbocycles. The van der Waals surface area contributed by atoms with Crippen molar-refractivity contribution >= 4 is 27.3 Å². The fourth-order valence-electron chi connectivity index (χ4n) is 3.41. The molecule has 15 nitrogen and oxygen atoms in total. The van der Waals surface area contributed by atoms with Gasteiger partial charge >= 0.3 is 16.4 Å². The van der Waals surface area contributed by atoms with Crippen LogP contribution in [0.25, 0.3) is 0 Å². The molecule has 17 heteroatoms. The Morgan fingerprint density at radius 1 is 1.13 bits per heavy atom. The second kappa shape index (κ2) is 10.5. The topological polar surface area (TPSA) is 246 Å². The van der Waals surface area contributed by atoms with Gasteiger partial charge in [-0.15, -0.1) is 0 Å². The first-order chi connectivity index (χ1) is 14.3. The van der Waals surface area contributed by atoms with Gasteiger partial charge in [0.05, 0.1) is 24.9 Å². The van der Waals surface area contributed by atoms with E-state index in [1.807, 2.05) is 4.72 Å². The van der Waals surface area contributed by atoms with Crippen molar-refractivity contribution in [2.24, 2.45) is 5.92 Å². The lowest BCUT2D eigenvalue weighted by Gasteiger charge is -2.43. The van der Waals surface area contributed by atoms with Gasteiger partial charge in [-0.3, -0.25) is 4.55 Å². The number of hydrogen-bond donors (Lipinski definition) is 8. The predicted molar refractivity (Wildman–Crippen MR) is 97.0 cm³/mol. The molecule has 0 amide bonds. The van der Waals surface area contributed by atoms with E-state index in [1.54, 1.807) is 0 Å². The van der Waals surface area contributed by atoms with Gasteiger partial charge in [-0.1, -0.05) is 0 Å². The highest BCUT2D eigenvalue weighted by atomic mass is 32.3. The van der Waals surface area contributed by atoms with Gasteiger partial charge in [0, 0.05) is 5.92 Å². The summed E-state index contributed by atoms with van der Waals surface area (Å²) in [5.74, 6) is -3.25. The van der Waals surface area contributed by atoms with Crippen molar-refractivity contribution in [3.8, 4) is 0 Å². The third kappa shape index (κ3) is 7.04. The Labute approximate surface area is 177 Å². The number of ether oxygens (including phenoxy) is 2. The lowest BCUT2D eigenvalue weighted by molar-refractivity contribution is -0.235. The summed E-state index contributed by atoms with van der Waals surface area (Å²) in [6, 6.07) is -1.54. The molecule has 2 heterocycles. The number of nitrogens with one attached hydrogen (secondary N) is 1. The molecule has 1 saturated heterocycles. The molecule has 0 aromatic heterocycles. The highest BCUT2D eigenvalue weighted by molar-refractivity contribution is 7.80. The van der Waals surface area contributed by atoms with Crippen LogP contribution in [0.15, 0.2) is 11.8 Å². The average Bonchev–Trinajstić information content (AvgIpc) is 2.64. The molecule has 2 aliphatic heterocycles. The summed E-state index contributed by atoms with van der Waals surface area (Å²) in [4.78, 5) is 11.1. The van der Waals surface area contributed by atoms with Crippen LogP contribution in [-0.2, 0) is 39.7 Å². The Hall–Kier alpha value is -1.41. The van der Waals surface area contributed by atoms with Gasteiger partial charge in [0.2, 0.25) is 16.6 Å². The van der Waals surface area contributed by atoms with Crippen LogP contribution in [0.1, 0.15) is 12.8 Å². The van der Waals surface area contributed by atoms with Gasteiger partial charge in [0.25, 0.3) is 0 Å². The molecule has 0 spiro atoms. The molecular formula is C14H23NO14S2. The summed E-state index contributed by atoms with van der Waals surface area (Å²) in [5.41, 5.74) is 0. The number of aliphatic hydroxyl groups is 4. The number of aliphatic carboxylic acids is 1. The van der Waals surface area contributed by atoms with Crippen LogP contribution in [0.4, 0.5) is 0 Å². The molecule has 3 unspecified atom stereocenters. The minimum atomic E-state index is -4.91. The van der Waals surface area contributed by atoms with Crippen LogP contribution in [0.3, 0.4) is 0 Å². The molecule has 0 bridgehead atoms. The zero-order chi connectivity index (χ0) is 23.5. The molecule has 31 heavy (non-hydrogen) atoms. The number of carbonyl (C=O) groups is 1. The van der Waals surface area contributed by atoms with E-state index >= 15 is 0 Å². The average molecular weight is 493 g/mol. The third-order valence-electron chi connectivity index (χ3n) is 4.87. The largest absolute Gasteiger partial charge is 0.481 e. The van der Waals surface area contributed by atoms with E-state index in [4.69, 9.17) is 19.1 Å². The summed E-state index contributed by atoms with van der Waals surface area (Å²) >= 11 is 0. The van der Waals surface area contributed by atoms with E-state index in [9.17, 15) is 42.1 Å². The second-order valence-corrected chi connectivity index (χ2v) is 8.76. The highest BCUT2D eigenvalue weighted by Crippen LogP contribution is 2.32. The highest BCUT2D eigenvalue weighted by Gasteiger charge is 2.46. The molecule has 7 N–H and O–H groups in total. The lowest BCUT2D eigenvalue weighted by atomic mass is 9.83. The smallest absolute Gasteiger partial charge is 0.397 e. The van der Waals surface area contributed by atoms with E-state index in [0.29, 0.717) is 0 Å². The normalized spacial score (nSPS) is 36.6. The quantitative estimate of drug-likeness (QED) is 0.112. The predicted octanol–water partition coefficient (Wildman–Crippen LogP) is -4.15. The summed E-state index contributed by atoms with van der Waals surface area (Å²) in [6.07, 6.45) is -8.85. The number of thiol groups is 1. The molecular weight excluding hydrogens is 470 g/mol. The van der Waals surface area contributed by atoms with Crippen molar-refractivity contribution in [2.45, 2.75) is 55.7 Å². The maximum Gasteiger partial charge on any atom is 0.397 e. The summed E-state index contributed by atoms with van der Waals surface area (Å²) < 4.78 is 68.7. The van der Waals surface area contributed by atoms with Crippen molar-refractivity contribution in [1.82, 2.24) is 4.72 Å². The van der Waals surface area contributed by atoms with E-state index in [0.717, 1.165) is 6.08 Å². The summed E-state index contributed by atoms with van der Waals surface area (Å²) in [7, 11) is -8.18. The van der Waals surface area contributed by atoms with E-state index in [2.05, 4.69) is 4.18 Å². The van der Waals surface area contributed by atoms with Crippen LogP contribution < -0.4 is 4.72 Å². The number of carboxylic acid groups (broad SMARTS) is 1. The second-order valence-electron chi connectivity index (χ2n) is 6.89. The van der Waals surface area contributed by atoms with Crippen molar-refractivity contribution < 1.29 is 65.4 Å². The zero-order valence-electron chi connectivity index (χ0n) is 15.6. The van der Waals surface area contributed by atoms with E-state index in [1.165, 1.54) is 0 Å². The summed E-state index contributed by atoms with van der Waals surface area (Å²) in [5, 5.41) is 49.3. The molecule has 8 atom stereocenters. The number of aliphatic hydroxyl groups excluding tert-OH is 4. The molecule has 2 rings (SSSR count). The van der Waals surface area contributed by atoms with Gasteiger partial charge in [-0.2, -0.15) is 8.42 Å². The Kier molecular flexibility index (Phi) is 8.73. The van der Waals surface area contributed by atoms with Crippen LogP contribution in [0, 0.1) is 5.92 Å². The van der Waals surface area contributed by atoms with Gasteiger partial charge in [-0.05, 0) is 18.9 Å². The van der Waals surface area contributed by atoms with Crippen molar-refractivity contribution in [3.63, 3.8) is 0 Å². The zero-order valence-corrected chi connectivity index (χ0v) is 17.3. The number of carboxylic acids is 1. The van der Waals surface area contributed by atoms with Gasteiger partial charge in [-0.25, -0.2) is 22.1 Å². The number of rotatable bonds is 9. The molecule has 180 valence electrons. The number of hydrogen-bond acceptors (Lipinski definition) is 12. The van der Waals surface area contributed by atoms with Crippen molar-refractivity contribution in [2.75, 3.05) is 6.61 Å². The summed E-state index contributed by atoms with van der Waals surface area (Å²) in [6.45, 7) is -0.856.